The molecule has 2 heterocycles. The van der Waals surface area contributed by atoms with Crippen molar-refractivity contribution in [2.75, 3.05) is 0 Å². The van der Waals surface area contributed by atoms with Crippen LogP contribution in [0.1, 0.15) is 34.9 Å². The Balaban J connectivity index is 1.20. The molecule has 0 bridgehead atoms. The fraction of sp³-hybridized carbons (Fsp3) is 0.0455. The maximum Gasteiger partial charge on any atom is 0.161 e. The Labute approximate surface area is 290 Å². The van der Waals surface area contributed by atoms with Gasteiger partial charge in [-0.2, -0.15) is 0 Å². The van der Waals surface area contributed by atoms with Gasteiger partial charge < -0.3 is 0 Å². The Morgan fingerprint density at radius 3 is 2.06 bits per heavy atom. The summed E-state index contributed by atoms with van der Waals surface area (Å²) in [6.45, 7) is 10.8. The molecule has 4 nitrogen and oxygen atoms in total. The van der Waals surface area contributed by atoms with E-state index in [0.29, 0.717) is 18.2 Å². The molecule has 0 N–H and O–H groups in total. The standard InChI is InChI=1S/C44H34N4S/c1-4-32(24-23-30(2)41-40-37-20-12-14-22-39(37)49-42(40)36-19-11-13-21-38(36)47-41)33-25-27-35(28-26-33)44(46-29-31-15-7-5-8-16-31)48-43(45-3)34-17-9-6-10-18-34/h4-28H,2-3,29H2,1H3/b24-23-,32-4+,46-44-,48-43-. The van der Waals surface area contributed by atoms with Crippen molar-refractivity contribution in [1.82, 2.24) is 4.98 Å². The van der Waals surface area contributed by atoms with Crippen molar-refractivity contribution in [1.29, 1.82) is 0 Å². The van der Waals surface area contributed by atoms with E-state index in [9.17, 15) is 0 Å². The number of pyridine rings is 1. The van der Waals surface area contributed by atoms with Gasteiger partial charge in [-0.3, -0.25) is 4.99 Å². The number of hydrogen-bond donors (Lipinski definition) is 0. The van der Waals surface area contributed by atoms with Crippen molar-refractivity contribution < 1.29 is 0 Å². The second kappa shape index (κ2) is 14.4. The minimum absolute atomic E-state index is 0.501. The fourth-order valence-electron chi connectivity index (χ4n) is 5.90. The summed E-state index contributed by atoms with van der Waals surface area (Å²) in [7, 11) is 0. The summed E-state index contributed by atoms with van der Waals surface area (Å²) >= 11 is 1.81. The van der Waals surface area contributed by atoms with Crippen LogP contribution in [0.15, 0.2) is 173 Å². The van der Waals surface area contributed by atoms with Crippen LogP contribution in [0.25, 0.3) is 42.2 Å². The lowest BCUT2D eigenvalue weighted by atomic mass is 10.00. The molecular weight excluding hydrogens is 617 g/mol. The highest BCUT2D eigenvalue weighted by Crippen LogP contribution is 2.41. The zero-order valence-corrected chi connectivity index (χ0v) is 28.1. The Morgan fingerprint density at radius 2 is 1.33 bits per heavy atom. The first-order chi connectivity index (χ1) is 24.1. The lowest BCUT2D eigenvalue weighted by Gasteiger charge is -2.09. The van der Waals surface area contributed by atoms with Crippen LogP contribution >= 0.6 is 11.3 Å². The Kier molecular flexibility index (Phi) is 9.26. The summed E-state index contributed by atoms with van der Waals surface area (Å²) in [5.74, 6) is 1.13. The number of allylic oxidation sites excluding steroid dienone is 5. The average molecular weight is 651 g/mol. The molecule has 0 aliphatic rings. The third-order valence-corrected chi connectivity index (χ3v) is 9.62. The maximum atomic E-state index is 5.12. The van der Waals surface area contributed by atoms with Gasteiger partial charge in [-0.15, -0.1) is 11.3 Å². The fourth-order valence-corrected chi connectivity index (χ4v) is 7.14. The molecule has 0 aliphatic heterocycles. The monoisotopic (exact) mass is 650 g/mol. The highest BCUT2D eigenvalue weighted by atomic mass is 32.1. The van der Waals surface area contributed by atoms with Gasteiger partial charge in [0.15, 0.2) is 11.7 Å². The number of thiophene rings is 1. The molecule has 0 radical (unpaired) electrons. The smallest absolute Gasteiger partial charge is 0.161 e. The molecule has 0 atom stereocenters. The van der Waals surface area contributed by atoms with Gasteiger partial charge in [0, 0.05) is 36.7 Å². The van der Waals surface area contributed by atoms with Crippen molar-refractivity contribution in [2.45, 2.75) is 13.5 Å². The number of hydrogen-bond acceptors (Lipinski definition) is 3. The minimum atomic E-state index is 0.501. The van der Waals surface area contributed by atoms with E-state index in [1.807, 2.05) is 72.9 Å². The van der Waals surface area contributed by atoms with Crippen LogP contribution in [0, 0.1) is 0 Å². The van der Waals surface area contributed by atoms with Crippen molar-refractivity contribution in [2.24, 2.45) is 15.0 Å². The second-order valence-electron chi connectivity index (χ2n) is 11.5. The second-order valence-corrected chi connectivity index (χ2v) is 12.6. The minimum Gasteiger partial charge on any atom is -0.261 e. The first-order valence-electron chi connectivity index (χ1n) is 16.2. The third-order valence-electron chi connectivity index (χ3n) is 8.42. The summed E-state index contributed by atoms with van der Waals surface area (Å²) in [6, 6.07) is 45.3. The summed E-state index contributed by atoms with van der Waals surface area (Å²) < 4.78 is 2.49. The van der Waals surface area contributed by atoms with Gasteiger partial charge in [0.25, 0.3) is 0 Å². The maximum absolute atomic E-state index is 5.12. The van der Waals surface area contributed by atoms with E-state index in [-0.39, 0.29) is 0 Å². The van der Waals surface area contributed by atoms with E-state index in [1.54, 1.807) is 0 Å². The summed E-state index contributed by atoms with van der Waals surface area (Å²) in [5.41, 5.74) is 7.79. The number of aliphatic imine (C=N–C) groups is 3. The zero-order chi connectivity index (χ0) is 33.6. The van der Waals surface area contributed by atoms with E-state index in [2.05, 4.69) is 115 Å². The van der Waals surface area contributed by atoms with E-state index in [4.69, 9.17) is 15.0 Å². The van der Waals surface area contributed by atoms with Crippen molar-refractivity contribution >= 4 is 71.9 Å². The van der Waals surface area contributed by atoms with Gasteiger partial charge in [0.1, 0.15) is 0 Å². The van der Waals surface area contributed by atoms with Crippen LogP contribution in [0.4, 0.5) is 0 Å². The van der Waals surface area contributed by atoms with E-state index < -0.39 is 0 Å². The lowest BCUT2D eigenvalue weighted by Crippen LogP contribution is -2.05. The largest absolute Gasteiger partial charge is 0.261 e. The Hall–Kier alpha value is -6.04. The molecule has 49 heavy (non-hydrogen) atoms. The predicted molar refractivity (Wildman–Crippen MR) is 212 cm³/mol. The topological polar surface area (TPSA) is 50.0 Å². The van der Waals surface area contributed by atoms with Gasteiger partial charge in [0.2, 0.25) is 0 Å². The first kappa shape index (κ1) is 31.6. The molecule has 236 valence electrons. The number of aromatic nitrogens is 1. The Morgan fingerprint density at radius 1 is 0.694 bits per heavy atom. The highest BCUT2D eigenvalue weighted by Gasteiger charge is 2.16. The molecule has 0 aliphatic carbocycles. The first-order valence-corrected chi connectivity index (χ1v) is 17.0. The van der Waals surface area contributed by atoms with Crippen LogP contribution in [0.2, 0.25) is 0 Å². The summed E-state index contributed by atoms with van der Waals surface area (Å²) in [6.07, 6.45) is 6.30. The molecule has 0 amide bonds. The van der Waals surface area contributed by atoms with Crippen LogP contribution < -0.4 is 0 Å². The summed E-state index contributed by atoms with van der Waals surface area (Å²) in [5, 5.41) is 3.54. The number of benzene rings is 5. The normalized spacial score (nSPS) is 12.7. The molecule has 0 saturated heterocycles. The summed E-state index contributed by atoms with van der Waals surface area (Å²) in [4.78, 5) is 19.2. The molecule has 0 saturated carbocycles. The third kappa shape index (κ3) is 6.71. The number of amidine groups is 2. The van der Waals surface area contributed by atoms with E-state index in [0.717, 1.165) is 50.0 Å². The highest BCUT2D eigenvalue weighted by molar-refractivity contribution is 7.26. The van der Waals surface area contributed by atoms with Gasteiger partial charge in [-0.25, -0.2) is 15.0 Å². The Bertz CT molecular complexity index is 2430. The van der Waals surface area contributed by atoms with Crippen LogP contribution in [0.3, 0.4) is 0 Å². The molecule has 5 aromatic carbocycles. The molecule has 0 unspecified atom stereocenters. The number of rotatable bonds is 8. The number of fused-ring (bicyclic) bond motifs is 5. The van der Waals surface area contributed by atoms with Gasteiger partial charge >= 0.3 is 0 Å². The van der Waals surface area contributed by atoms with E-state index >= 15 is 0 Å². The average Bonchev–Trinajstić information content (AvgIpc) is 3.56. The predicted octanol–water partition coefficient (Wildman–Crippen LogP) is 11.4. The molecule has 2 aromatic heterocycles. The van der Waals surface area contributed by atoms with Crippen LogP contribution in [-0.2, 0) is 6.54 Å². The van der Waals surface area contributed by atoms with Crippen LogP contribution in [-0.4, -0.2) is 23.4 Å². The molecular formula is C44H34N4S. The molecule has 7 rings (SSSR count). The van der Waals surface area contributed by atoms with Crippen molar-refractivity contribution in [3.63, 3.8) is 0 Å². The van der Waals surface area contributed by atoms with Crippen molar-refractivity contribution in [3.8, 4) is 0 Å². The molecule has 5 heteroatoms. The molecule has 0 fully saturated rings. The zero-order valence-electron chi connectivity index (χ0n) is 27.3. The van der Waals surface area contributed by atoms with Gasteiger partial charge in [0.05, 0.1) is 17.8 Å². The van der Waals surface area contributed by atoms with Gasteiger partial charge in [-0.1, -0.05) is 146 Å². The molecule has 7 aromatic rings. The lowest BCUT2D eigenvalue weighted by molar-refractivity contribution is 1.06. The number of para-hydroxylation sites is 1. The SMILES string of the molecule is C=N/C(=N\C(=N/Cc1ccccc1)c1ccc(C(/C=C\C(=C)c2nc3ccccc3c3sc4ccccc4c23)=C/C)cc1)c1ccccc1. The van der Waals surface area contributed by atoms with Crippen LogP contribution in [0.5, 0.6) is 0 Å². The van der Waals surface area contributed by atoms with Gasteiger partial charge in [-0.05, 0) is 48.0 Å². The van der Waals surface area contributed by atoms with Crippen molar-refractivity contribution in [3.05, 3.63) is 186 Å². The molecule has 0 spiro atoms. The number of nitrogens with zero attached hydrogens (tertiary/aromatic N) is 4. The van der Waals surface area contributed by atoms with E-state index in [1.165, 1.54) is 20.2 Å². The quantitative estimate of drug-likeness (QED) is 0.0917.